The van der Waals surface area contributed by atoms with E-state index in [1.165, 1.54) is 6.07 Å². The molecule has 8 heteroatoms. The fourth-order valence-electron chi connectivity index (χ4n) is 2.39. The van der Waals surface area contributed by atoms with Gasteiger partial charge in [-0.1, -0.05) is 18.2 Å². The van der Waals surface area contributed by atoms with Crippen LogP contribution in [0.3, 0.4) is 0 Å². The molecule has 0 spiro atoms. The summed E-state index contributed by atoms with van der Waals surface area (Å²) in [4.78, 5) is 12.0. The molecule has 1 heterocycles. The molecule has 1 aromatic rings. The lowest BCUT2D eigenvalue weighted by atomic mass is 10.1. The summed E-state index contributed by atoms with van der Waals surface area (Å²) in [5.41, 5.74) is 0.518. The minimum Gasteiger partial charge on any atom is -0.434 e. The number of rotatable bonds is 6. The van der Waals surface area contributed by atoms with Crippen molar-refractivity contribution in [3.8, 4) is 5.75 Å². The average Bonchev–Trinajstić information content (AvgIpc) is 2.48. The van der Waals surface area contributed by atoms with Gasteiger partial charge in [-0.15, -0.1) is 12.4 Å². The van der Waals surface area contributed by atoms with Gasteiger partial charge in [-0.05, 0) is 13.0 Å². The number of para-hydroxylation sites is 1. The van der Waals surface area contributed by atoms with Crippen LogP contribution in [0.4, 0.5) is 8.78 Å². The summed E-state index contributed by atoms with van der Waals surface area (Å²) in [7, 11) is 0. The summed E-state index contributed by atoms with van der Waals surface area (Å²) in [6.07, 6.45) is 0.280. The van der Waals surface area contributed by atoms with Crippen LogP contribution < -0.4 is 15.4 Å². The third-order valence-corrected chi connectivity index (χ3v) is 3.41. The average molecular weight is 351 g/mol. The van der Waals surface area contributed by atoms with E-state index in [0.717, 1.165) is 6.54 Å². The van der Waals surface area contributed by atoms with E-state index >= 15 is 0 Å². The Kier molecular flexibility index (Phi) is 8.22. The van der Waals surface area contributed by atoms with Crippen LogP contribution in [0, 0.1) is 0 Å². The molecule has 0 aliphatic carbocycles. The number of nitrogens with one attached hydrogen (secondary N) is 2. The molecular weight excluding hydrogens is 330 g/mol. The summed E-state index contributed by atoms with van der Waals surface area (Å²) in [6, 6.07) is 6.00. The Bertz CT molecular complexity index is 499. The molecule has 2 atom stereocenters. The van der Waals surface area contributed by atoms with Crippen molar-refractivity contribution in [2.24, 2.45) is 0 Å². The van der Waals surface area contributed by atoms with Crippen LogP contribution in [0.25, 0.3) is 0 Å². The van der Waals surface area contributed by atoms with E-state index in [2.05, 4.69) is 15.4 Å². The Morgan fingerprint density at radius 1 is 1.48 bits per heavy atom. The summed E-state index contributed by atoms with van der Waals surface area (Å²) in [5, 5.41) is 5.99. The molecule has 1 aliphatic heterocycles. The van der Waals surface area contributed by atoms with Gasteiger partial charge in [-0.3, -0.25) is 4.79 Å². The second kappa shape index (κ2) is 9.64. The van der Waals surface area contributed by atoms with Gasteiger partial charge in [-0.2, -0.15) is 8.78 Å². The molecule has 2 unspecified atom stereocenters. The van der Waals surface area contributed by atoms with Crippen LogP contribution >= 0.6 is 12.4 Å². The summed E-state index contributed by atoms with van der Waals surface area (Å²) < 4.78 is 34.6. The molecule has 0 bridgehead atoms. The molecule has 130 valence electrons. The number of halogens is 3. The van der Waals surface area contributed by atoms with E-state index in [-0.39, 0.29) is 36.5 Å². The third-order valence-electron chi connectivity index (χ3n) is 3.41. The van der Waals surface area contributed by atoms with Crippen LogP contribution in [0.1, 0.15) is 24.9 Å². The minimum atomic E-state index is -2.90. The van der Waals surface area contributed by atoms with Crippen molar-refractivity contribution >= 4 is 18.3 Å². The van der Waals surface area contributed by atoms with Gasteiger partial charge in [0, 0.05) is 24.6 Å². The van der Waals surface area contributed by atoms with Crippen LogP contribution in [0.2, 0.25) is 0 Å². The monoisotopic (exact) mass is 350 g/mol. The molecule has 0 aromatic heterocycles. The quantitative estimate of drug-likeness (QED) is 0.826. The van der Waals surface area contributed by atoms with Crippen LogP contribution in [-0.2, 0) is 9.53 Å². The fraction of sp³-hybridized carbons (Fsp3) is 0.533. The molecule has 2 rings (SSSR count). The number of alkyl halides is 2. The highest BCUT2D eigenvalue weighted by Crippen LogP contribution is 2.26. The molecular formula is C15H21ClF2N2O3. The zero-order valence-corrected chi connectivity index (χ0v) is 13.6. The summed E-state index contributed by atoms with van der Waals surface area (Å²) in [5.74, 6) is -0.0909. The first-order valence-electron chi connectivity index (χ1n) is 7.20. The van der Waals surface area contributed by atoms with Gasteiger partial charge in [0.2, 0.25) is 5.91 Å². The van der Waals surface area contributed by atoms with E-state index in [9.17, 15) is 13.6 Å². The maximum atomic E-state index is 12.4. The van der Waals surface area contributed by atoms with Crippen molar-refractivity contribution < 1.29 is 23.0 Å². The molecule has 1 saturated heterocycles. The topological polar surface area (TPSA) is 59.6 Å². The zero-order valence-electron chi connectivity index (χ0n) is 12.8. The number of carbonyl (C=O) groups excluding carboxylic acids is 1. The molecule has 5 nitrogen and oxygen atoms in total. The predicted molar refractivity (Wildman–Crippen MR) is 84.1 cm³/mol. The lowest BCUT2D eigenvalue weighted by Gasteiger charge is -2.24. The highest BCUT2D eigenvalue weighted by molar-refractivity contribution is 5.85. The molecule has 1 aromatic carbocycles. The Balaban J connectivity index is 0.00000264. The Morgan fingerprint density at radius 2 is 2.22 bits per heavy atom. The number of benzene rings is 1. The van der Waals surface area contributed by atoms with Crippen molar-refractivity contribution in [3.63, 3.8) is 0 Å². The van der Waals surface area contributed by atoms with Crippen molar-refractivity contribution in [3.05, 3.63) is 29.8 Å². The standard InChI is InChI=1S/C15H20F2N2O3.ClH/c1-10(12-4-2-3-5-13(12)22-15(16)17)19-14(20)8-11-9-21-7-6-18-11;/h2-5,10-11,15,18H,6-9H2,1H3,(H,19,20);1H. The van der Waals surface area contributed by atoms with Gasteiger partial charge >= 0.3 is 6.61 Å². The van der Waals surface area contributed by atoms with Gasteiger partial charge in [-0.25, -0.2) is 0 Å². The largest absolute Gasteiger partial charge is 0.434 e. The number of hydrogen-bond donors (Lipinski definition) is 2. The van der Waals surface area contributed by atoms with Gasteiger partial charge in [0.25, 0.3) is 0 Å². The van der Waals surface area contributed by atoms with E-state index < -0.39 is 12.7 Å². The highest BCUT2D eigenvalue weighted by Gasteiger charge is 2.20. The molecule has 1 amide bonds. The normalized spacial score (nSPS) is 18.9. The molecule has 2 N–H and O–H groups in total. The number of amides is 1. The number of hydrogen-bond acceptors (Lipinski definition) is 4. The van der Waals surface area contributed by atoms with Crippen LogP contribution in [0.15, 0.2) is 24.3 Å². The molecule has 0 radical (unpaired) electrons. The minimum absolute atomic E-state index is 0. The van der Waals surface area contributed by atoms with E-state index in [1.807, 2.05) is 0 Å². The number of morpholine rings is 1. The van der Waals surface area contributed by atoms with Crippen molar-refractivity contribution in [1.29, 1.82) is 0 Å². The lowest BCUT2D eigenvalue weighted by Crippen LogP contribution is -2.44. The van der Waals surface area contributed by atoms with Crippen molar-refractivity contribution in [2.45, 2.75) is 32.0 Å². The van der Waals surface area contributed by atoms with Gasteiger partial charge in [0.05, 0.1) is 19.3 Å². The third kappa shape index (κ3) is 6.29. The van der Waals surface area contributed by atoms with Crippen molar-refractivity contribution in [1.82, 2.24) is 10.6 Å². The Hall–Kier alpha value is -1.44. The second-order valence-corrected chi connectivity index (χ2v) is 5.14. The first-order chi connectivity index (χ1) is 10.6. The lowest BCUT2D eigenvalue weighted by molar-refractivity contribution is -0.122. The number of ether oxygens (including phenoxy) is 2. The second-order valence-electron chi connectivity index (χ2n) is 5.14. The Morgan fingerprint density at radius 3 is 2.87 bits per heavy atom. The molecule has 23 heavy (non-hydrogen) atoms. The van der Waals surface area contributed by atoms with E-state index in [4.69, 9.17) is 4.74 Å². The molecule has 1 fully saturated rings. The van der Waals surface area contributed by atoms with Gasteiger partial charge in [0.1, 0.15) is 5.75 Å². The first-order valence-corrected chi connectivity index (χ1v) is 7.20. The van der Waals surface area contributed by atoms with E-state index in [1.54, 1.807) is 25.1 Å². The molecule has 0 saturated carbocycles. The maximum absolute atomic E-state index is 12.4. The first kappa shape index (κ1) is 19.6. The predicted octanol–water partition coefficient (Wildman–Crippen LogP) is 2.27. The van der Waals surface area contributed by atoms with Crippen LogP contribution in [0.5, 0.6) is 5.75 Å². The van der Waals surface area contributed by atoms with E-state index in [0.29, 0.717) is 18.8 Å². The van der Waals surface area contributed by atoms with Gasteiger partial charge < -0.3 is 20.1 Å². The zero-order chi connectivity index (χ0) is 15.9. The van der Waals surface area contributed by atoms with Crippen LogP contribution in [-0.4, -0.2) is 38.3 Å². The van der Waals surface area contributed by atoms with Gasteiger partial charge in [0.15, 0.2) is 0 Å². The molecule has 1 aliphatic rings. The van der Waals surface area contributed by atoms with Crippen molar-refractivity contribution in [2.75, 3.05) is 19.8 Å². The fourth-order valence-corrected chi connectivity index (χ4v) is 2.39. The maximum Gasteiger partial charge on any atom is 0.387 e. The smallest absolute Gasteiger partial charge is 0.387 e. The Labute approximate surface area is 140 Å². The summed E-state index contributed by atoms with van der Waals surface area (Å²) in [6.45, 7) is 0.696. The SMILES string of the molecule is CC(NC(=O)CC1COCCN1)c1ccccc1OC(F)F.Cl. The summed E-state index contributed by atoms with van der Waals surface area (Å²) >= 11 is 0. The number of carbonyl (C=O) groups is 1. The highest BCUT2D eigenvalue weighted by atomic mass is 35.5.